The molecule has 0 rings (SSSR count). The van der Waals surface area contributed by atoms with Crippen molar-refractivity contribution in [1.82, 2.24) is 54.7 Å². The quantitative estimate of drug-likeness (QED) is 0.0249. The summed E-state index contributed by atoms with van der Waals surface area (Å²) in [6.07, 6.45) is 0. The van der Waals surface area contributed by atoms with Crippen LogP contribution < -0.4 is 10.6 Å². The molecule has 0 unspecified atom stereocenters. The van der Waals surface area contributed by atoms with Crippen molar-refractivity contribution in [3.8, 4) is 0 Å². The topological polar surface area (TPSA) is 365 Å². The maximum Gasteiger partial charge on any atom is 0.242 e. The van der Waals surface area contributed by atoms with E-state index in [9.17, 15) is 47.9 Å². The maximum atomic E-state index is 13.0. The second-order valence-electron chi connectivity index (χ2n) is 19.2. The summed E-state index contributed by atoms with van der Waals surface area (Å²) in [6, 6.07) is 0. The van der Waals surface area contributed by atoms with Crippen molar-refractivity contribution in [2.24, 2.45) is 5.11 Å². The molecular weight excluding hydrogens is 1140 g/mol. The fourth-order valence-corrected chi connectivity index (χ4v) is 6.43. The van der Waals surface area contributed by atoms with Crippen LogP contribution in [0.15, 0.2) is 5.11 Å². The number of carbonyl (C=O) groups is 10. The summed E-state index contributed by atoms with van der Waals surface area (Å²) < 4.78 is 54.4. The first-order valence-corrected chi connectivity index (χ1v) is 27.9. The monoisotopic (exact) mass is 1240 g/mol. The molecular formula is C52H96N14O20. The Morgan fingerprint density at radius 2 is 0.512 bits per heavy atom. The molecule has 494 valence electrons. The third-order valence-electron chi connectivity index (χ3n) is 11.8. The number of amides is 10. The molecule has 0 atom stereocenters. The Kier molecular flexibility index (Phi) is 46.9. The van der Waals surface area contributed by atoms with E-state index in [0.717, 1.165) is 39.2 Å². The molecule has 86 heavy (non-hydrogen) atoms. The highest BCUT2D eigenvalue weighted by molar-refractivity contribution is 5.93. The van der Waals surface area contributed by atoms with Gasteiger partial charge in [0.2, 0.25) is 59.1 Å². The summed E-state index contributed by atoms with van der Waals surface area (Å²) in [4.78, 5) is 140. The van der Waals surface area contributed by atoms with Crippen molar-refractivity contribution in [2.45, 2.75) is 0 Å². The van der Waals surface area contributed by atoms with Crippen LogP contribution in [0, 0.1) is 0 Å². The molecule has 0 bridgehead atoms. The highest BCUT2D eigenvalue weighted by Crippen LogP contribution is 2.01. The largest absolute Gasteiger partial charge is 0.379 e. The Morgan fingerprint density at radius 1 is 0.314 bits per heavy atom. The summed E-state index contributed by atoms with van der Waals surface area (Å²) in [7, 11) is 13.9. The fraction of sp³-hybridized carbons (Fsp3) is 0.808. The second kappa shape index (κ2) is 50.7. The molecule has 10 amide bonds. The van der Waals surface area contributed by atoms with Crippen LogP contribution in [0.5, 0.6) is 0 Å². The number of rotatable bonds is 53. The van der Waals surface area contributed by atoms with E-state index in [0.29, 0.717) is 125 Å². The van der Waals surface area contributed by atoms with Gasteiger partial charge in [0, 0.05) is 81.4 Å². The predicted molar refractivity (Wildman–Crippen MR) is 308 cm³/mol. The number of nitrogens with one attached hydrogen (secondary N) is 2. The lowest BCUT2D eigenvalue weighted by Gasteiger charge is -2.27. The van der Waals surface area contributed by atoms with Gasteiger partial charge < -0.3 is 102 Å². The standard InChI is InChI=1S/C52H96N14O20/c1-54-33-44(68)59(3)35-46(70)61(5)37-48(72)63(7)39-50(74)65(9)41-52(76)66(10)42-51(75)64(8)40-49(73)62(6)38-47(71)60(4)36-45(69)58(2)34-43(67)55-11-13-77-15-17-79-19-21-81-23-25-83-27-29-85-31-32-86-30-28-84-26-24-82-22-20-80-18-16-78-14-12-56-57-53/h54H,11-42H2,1-10H3,(H,55,67). The zero-order chi connectivity index (χ0) is 64.5. The molecule has 0 saturated heterocycles. The molecule has 0 aromatic rings. The number of nitrogens with zero attached hydrogens (tertiary/aromatic N) is 12. The predicted octanol–water partition coefficient (Wildman–Crippen LogP) is -5.08. The minimum absolute atomic E-state index is 0.0385. The lowest BCUT2D eigenvalue weighted by Crippen LogP contribution is -2.49. The van der Waals surface area contributed by atoms with E-state index in [2.05, 4.69) is 20.7 Å². The average Bonchev–Trinajstić information content (AvgIpc) is 3.67. The number of likely N-dealkylation sites (N-methyl/N-ethyl adjacent to an activating group) is 10. The van der Waals surface area contributed by atoms with E-state index in [1.165, 1.54) is 68.3 Å². The van der Waals surface area contributed by atoms with Crippen LogP contribution in [-0.4, -0.2) is 384 Å². The zero-order valence-electron chi connectivity index (χ0n) is 52.2. The summed E-state index contributed by atoms with van der Waals surface area (Å²) in [6.45, 7) is 5.08. The van der Waals surface area contributed by atoms with E-state index < -0.39 is 85.9 Å². The first kappa shape index (κ1) is 79.6. The molecule has 0 aliphatic heterocycles. The summed E-state index contributed by atoms with van der Waals surface area (Å²) in [5, 5.41) is 8.72. The van der Waals surface area contributed by atoms with Gasteiger partial charge in [0.1, 0.15) is 0 Å². The number of azide groups is 1. The van der Waals surface area contributed by atoms with E-state index in [-0.39, 0.29) is 58.4 Å². The van der Waals surface area contributed by atoms with Crippen LogP contribution in [0.25, 0.3) is 10.4 Å². The van der Waals surface area contributed by atoms with Gasteiger partial charge in [0.05, 0.1) is 198 Å². The third kappa shape index (κ3) is 41.6. The van der Waals surface area contributed by atoms with Crippen molar-refractivity contribution in [3.05, 3.63) is 10.4 Å². The lowest BCUT2D eigenvalue weighted by molar-refractivity contribution is -0.146. The smallest absolute Gasteiger partial charge is 0.242 e. The summed E-state index contributed by atoms with van der Waals surface area (Å²) >= 11 is 0. The Labute approximate surface area is 504 Å². The molecule has 0 heterocycles. The number of carbonyl (C=O) groups excluding carboxylic acids is 10. The van der Waals surface area contributed by atoms with E-state index >= 15 is 0 Å². The van der Waals surface area contributed by atoms with Crippen LogP contribution in [0.3, 0.4) is 0 Å². The molecule has 2 N–H and O–H groups in total. The molecule has 0 aromatic heterocycles. The fourth-order valence-electron chi connectivity index (χ4n) is 6.43. The SMILES string of the molecule is CNCC(=O)N(C)CC(=O)N(C)CC(=O)N(C)CC(=O)N(C)CC(=O)N(C)CC(=O)N(C)CC(=O)N(C)CC(=O)N(C)CC(=O)N(C)CC(=O)NCCOCCOCCOCCOCCOCCOCCOCCOCCOCCOCCN=[N+]=[N-]. The van der Waals surface area contributed by atoms with Crippen molar-refractivity contribution < 1.29 is 95.3 Å². The van der Waals surface area contributed by atoms with Gasteiger partial charge in [-0.15, -0.1) is 0 Å². The molecule has 0 aliphatic carbocycles. The Bertz CT molecular complexity index is 2050. The van der Waals surface area contributed by atoms with Gasteiger partial charge in [-0.2, -0.15) is 0 Å². The Morgan fingerprint density at radius 3 is 0.733 bits per heavy atom. The molecule has 0 radical (unpaired) electrons. The first-order valence-electron chi connectivity index (χ1n) is 27.9. The Balaban J connectivity index is 4.09. The normalized spacial score (nSPS) is 10.8. The molecule has 0 saturated carbocycles. The van der Waals surface area contributed by atoms with Crippen LogP contribution in [0.2, 0.25) is 0 Å². The first-order chi connectivity index (χ1) is 41.0. The summed E-state index contributed by atoms with van der Waals surface area (Å²) in [5.41, 5.74) is 8.18. The van der Waals surface area contributed by atoms with E-state index in [1.54, 1.807) is 7.05 Å². The van der Waals surface area contributed by atoms with Crippen LogP contribution in [0.4, 0.5) is 0 Å². The second-order valence-corrected chi connectivity index (χ2v) is 19.2. The van der Waals surface area contributed by atoms with Gasteiger partial charge in [-0.25, -0.2) is 0 Å². The molecule has 0 aliphatic rings. The van der Waals surface area contributed by atoms with Gasteiger partial charge in [0.25, 0.3) is 0 Å². The van der Waals surface area contributed by atoms with Crippen molar-refractivity contribution in [3.63, 3.8) is 0 Å². The van der Waals surface area contributed by atoms with E-state index in [4.69, 9.17) is 52.9 Å². The van der Waals surface area contributed by atoms with Gasteiger partial charge in [0.15, 0.2) is 0 Å². The highest BCUT2D eigenvalue weighted by atomic mass is 16.6. The van der Waals surface area contributed by atoms with Crippen molar-refractivity contribution >= 4 is 59.1 Å². The Hall–Kier alpha value is -6.43. The molecule has 0 fully saturated rings. The van der Waals surface area contributed by atoms with Gasteiger partial charge in [-0.3, -0.25) is 47.9 Å². The van der Waals surface area contributed by atoms with Crippen LogP contribution in [0.1, 0.15) is 0 Å². The molecule has 34 heteroatoms. The van der Waals surface area contributed by atoms with Gasteiger partial charge in [-0.1, -0.05) is 5.11 Å². The van der Waals surface area contributed by atoms with Crippen molar-refractivity contribution in [1.29, 1.82) is 0 Å². The van der Waals surface area contributed by atoms with Gasteiger partial charge >= 0.3 is 0 Å². The summed E-state index contributed by atoms with van der Waals surface area (Å²) in [5.74, 6) is -5.36. The molecule has 34 nitrogen and oxygen atoms in total. The van der Waals surface area contributed by atoms with Crippen LogP contribution >= 0.6 is 0 Å². The minimum atomic E-state index is -0.618. The number of hydrogen-bond acceptors (Lipinski definition) is 22. The van der Waals surface area contributed by atoms with E-state index in [1.807, 2.05) is 0 Å². The number of hydrogen-bond donors (Lipinski definition) is 2. The lowest BCUT2D eigenvalue weighted by atomic mass is 10.3. The number of ether oxygens (including phenoxy) is 10. The highest BCUT2D eigenvalue weighted by Gasteiger charge is 2.26. The average molecular weight is 1240 g/mol. The molecule has 0 aromatic carbocycles. The zero-order valence-corrected chi connectivity index (χ0v) is 52.2. The van der Waals surface area contributed by atoms with Gasteiger partial charge in [-0.05, 0) is 12.6 Å². The van der Waals surface area contributed by atoms with Crippen molar-refractivity contribution in [2.75, 3.05) is 281 Å². The third-order valence-corrected chi connectivity index (χ3v) is 11.8. The maximum absolute atomic E-state index is 13.0. The van der Waals surface area contributed by atoms with Crippen LogP contribution in [-0.2, 0) is 95.3 Å². The molecule has 0 spiro atoms. The minimum Gasteiger partial charge on any atom is -0.379 e.